The molecule has 0 amide bonds. The lowest BCUT2D eigenvalue weighted by Gasteiger charge is -2.03. The number of rotatable bonds is 0. The van der Waals surface area contributed by atoms with E-state index in [1.807, 2.05) is 0 Å². The Morgan fingerprint density at radius 2 is 1.55 bits per heavy atom. The van der Waals surface area contributed by atoms with Gasteiger partial charge in [0.05, 0.1) is 0 Å². The van der Waals surface area contributed by atoms with Crippen LogP contribution in [-0.2, 0) is 0 Å². The molecule has 1 aromatic rings. The van der Waals surface area contributed by atoms with Crippen molar-refractivity contribution in [2.75, 3.05) is 0 Å². The smallest absolute Gasteiger partial charge is 0.193 e. The van der Waals surface area contributed by atoms with Crippen LogP contribution in [0.5, 0.6) is 0 Å². The molecule has 0 bridgehead atoms. The molecule has 0 aromatic heterocycles. The third-order valence-electron chi connectivity index (χ3n) is 1.23. The normalized spacial score (nSPS) is 10.1. The molecule has 4 radical (unpaired) electrons. The van der Waals surface area contributed by atoms with Gasteiger partial charge in [0.2, 0.25) is 0 Å². The molecule has 11 heavy (non-hydrogen) atoms. The molecule has 0 fully saturated rings. The first-order chi connectivity index (χ1) is 5.04. The zero-order valence-corrected chi connectivity index (χ0v) is 5.37. The fraction of sp³-hybridized carbons (Fsp3) is 0. The van der Waals surface area contributed by atoms with Gasteiger partial charge >= 0.3 is 0 Å². The van der Waals surface area contributed by atoms with Gasteiger partial charge < -0.3 is 0 Å². The molecule has 1 aromatic carbocycles. The minimum Gasteiger partial charge on any atom is -0.204 e. The predicted molar refractivity (Wildman–Crippen MR) is 37.1 cm³/mol. The number of halogens is 3. The van der Waals surface area contributed by atoms with Crippen molar-refractivity contribution in [1.29, 1.82) is 0 Å². The van der Waals surface area contributed by atoms with Crippen LogP contribution < -0.4 is 10.9 Å². The zero-order chi connectivity index (χ0) is 8.59. The van der Waals surface area contributed by atoms with Gasteiger partial charge in [-0.2, -0.15) is 0 Å². The SMILES string of the molecule is [B]c1cc(F)c(F)c(F)c1[B]. The molecule has 0 aliphatic rings. The highest BCUT2D eigenvalue weighted by atomic mass is 19.2. The zero-order valence-electron chi connectivity index (χ0n) is 5.37. The topological polar surface area (TPSA) is 0 Å². The summed E-state index contributed by atoms with van der Waals surface area (Å²) in [5.74, 6) is -4.38. The van der Waals surface area contributed by atoms with Gasteiger partial charge in [0.25, 0.3) is 0 Å². The fourth-order valence-electron chi connectivity index (χ4n) is 0.627. The minimum absolute atomic E-state index is 0.304. The van der Waals surface area contributed by atoms with Crippen molar-refractivity contribution in [1.82, 2.24) is 0 Å². The van der Waals surface area contributed by atoms with E-state index in [9.17, 15) is 13.2 Å². The van der Waals surface area contributed by atoms with Crippen LogP contribution in [0.25, 0.3) is 0 Å². The summed E-state index contributed by atoms with van der Waals surface area (Å²) in [7, 11) is 9.96. The second kappa shape index (κ2) is 2.64. The fourth-order valence-corrected chi connectivity index (χ4v) is 0.627. The average molecular weight is 152 g/mol. The summed E-state index contributed by atoms with van der Waals surface area (Å²) in [5.41, 5.74) is -0.870. The molecular formula is C6HB2F3. The third kappa shape index (κ3) is 1.27. The van der Waals surface area contributed by atoms with Gasteiger partial charge in [-0.05, 0) is 6.07 Å². The van der Waals surface area contributed by atoms with Crippen LogP contribution in [0.2, 0.25) is 0 Å². The van der Waals surface area contributed by atoms with Crippen molar-refractivity contribution < 1.29 is 13.2 Å². The summed E-state index contributed by atoms with van der Waals surface area (Å²) in [5, 5.41) is 0. The lowest BCUT2D eigenvalue weighted by atomic mass is 9.80. The molecule has 0 unspecified atom stereocenters. The van der Waals surface area contributed by atoms with Crippen LogP contribution in [0.3, 0.4) is 0 Å². The summed E-state index contributed by atoms with van der Waals surface area (Å²) in [6, 6.07) is 0.633. The molecule has 0 aliphatic carbocycles. The molecule has 0 spiro atoms. The van der Waals surface area contributed by atoms with Gasteiger partial charge in [0.1, 0.15) is 15.7 Å². The number of hydrogen-bond acceptors (Lipinski definition) is 0. The van der Waals surface area contributed by atoms with Gasteiger partial charge in [-0.3, -0.25) is 0 Å². The molecule has 0 saturated heterocycles. The van der Waals surface area contributed by atoms with E-state index in [1.54, 1.807) is 0 Å². The van der Waals surface area contributed by atoms with E-state index in [1.165, 1.54) is 0 Å². The largest absolute Gasteiger partial charge is 0.204 e. The Morgan fingerprint density at radius 3 is 2.09 bits per heavy atom. The van der Waals surface area contributed by atoms with Crippen LogP contribution in [0.1, 0.15) is 0 Å². The molecule has 52 valence electrons. The maximum absolute atomic E-state index is 12.4. The summed E-state index contributed by atoms with van der Waals surface area (Å²) in [6.07, 6.45) is 0. The predicted octanol–water partition coefficient (Wildman–Crippen LogP) is -0.308. The van der Waals surface area contributed by atoms with Crippen LogP contribution in [0.15, 0.2) is 6.07 Å². The standard InChI is InChI=1S/C6HB2F3/c7-2-1-3(9)5(10)6(11)4(2)8/h1H. The highest BCUT2D eigenvalue weighted by molar-refractivity contribution is 6.48. The van der Waals surface area contributed by atoms with Crippen LogP contribution in [0, 0.1) is 17.5 Å². The number of hydrogen-bond donors (Lipinski definition) is 0. The van der Waals surface area contributed by atoms with E-state index < -0.39 is 22.9 Å². The van der Waals surface area contributed by atoms with Crippen molar-refractivity contribution in [3.63, 3.8) is 0 Å². The van der Waals surface area contributed by atoms with E-state index >= 15 is 0 Å². The van der Waals surface area contributed by atoms with E-state index in [0.29, 0.717) is 6.07 Å². The van der Waals surface area contributed by atoms with E-state index in [-0.39, 0.29) is 5.46 Å². The first-order valence-electron chi connectivity index (χ1n) is 2.72. The molecular weight excluding hydrogens is 151 g/mol. The Hall–Kier alpha value is -0.860. The van der Waals surface area contributed by atoms with Crippen LogP contribution in [0.4, 0.5) is 13.2 Å². The maximum atomic E-state index is 12.4. The first-order valence-corrected chi connectivity index (χ1v) is 2.72. The molecule has 0 saturated carbocycles. The number of benzene rings is 1. The molecule has 5 heteroatoms. The van der Waals surface area contributed by atoms with Crippen molar-refractivity contribution in [3.05, 3.63) is 23.5 Å². The molecule has 0 aliphatic heterocycles. The minimum atomic E-state index is -1.60. The van der Waals surface area contributed by atoms with Crippen LogP contribution >= 0.6 is 0 Å². The third-order valence-corrected chi connectivity index (χ3v) is 1.23. The summed E-state index contributed by atoms with van der Waals surface area (Å²) in [4.78, 5) is 0. The monoisotopic (exact) mass is 152 g/mol. The van der Waals surface area contributed by atoms with E-state index in [0.717, 1.165) is 0 Å². The molecule has 0 atom stereocenters. The Balaban J connectivity index is 3.46. The second-order valence-corrected chi connectivity index (χ2v) is 1.99. The van der Waals surface area contributed by atoms with Crippen LogP contribution in [-0.4, -0.2) is 15.7 Å². The highest BCUT2D eigenvalue weighted by Crippen LogP contribution is 2.04. The lowest BCUT2D eigenvalue weighted by Crippen LogP contribution is -2.30. The van der Waals surface area contributed by atoms with Crippen molar-refractivity contribution in [2.24, 2.45) is 0 Å². The quantitative estimate of drug-likeness (QED) is 0.353. The molecule has 0 heterocycles. The second-order valence-electron chi connectivity index (χ2n) is 1.99. The van der Waals surface area contributed by atoms with Gasteiger partial charge in [0.15, 0.2) is 17.5 Å². The first kappa shape index (κ1) is 8.24. The van der Waals surface area contributed by atoms with Crippen molar-refractivity contribution in [2.45, 2.75) is 0 Å². The molecule has 0 N–H and O–H groups in total. The molecule has 1 rings (SSSR count). The summed E-state index contributed by atoms with van der Waals surface area (Å²) in [6.45, 7) is 0. The van der Waals surface area contributed by atoms with Gasteiger partial charge in [-0.1, -0.05) is 10.9 Å². The van der Waals surface area contributed by atoms with Gasteiger partial charge in [0, 0.05) is 0 Å². The van der Waals surface area contributed by atoms with E-state index in [2.05, 4.69) is 0 Å². The summed E-state index contributed by atoms with van der Waals surface area (Å²) >= 11 is 0. The average Bonchev–Trinajstić information content (AvgIpc) is 1.97. The van der Waals surface area contributed by atoms with Crippen molar-refractivity contribution >= 4 is 26.6 Å². The Labute approximate surface area is 64.2 Å². The van der Waals surface area contributed by atoms with E-state index in [4.69, 9.17) is 15.7 Å². The Morgan fingerprint density at radius 1 is 1.00 bits per heavy atom. The van der Waals surface area contributed by atoms with Gasteiger partial charge in [-0.15, -0.1) is 0 Å². The van der Waals surface area contributed by atoms with Gasteiger partial charge in [-0.25, -0.2) is 13.2 Å². The Kier molecular flexibility index (Phi) is 1.98. The highest BCUT2D eigenvalue weighted by Gasteiger charge is 2.11. The Bertz CT molecular complexity index is 272. The summed E-state index contributed by atoms with van der Waals surface area (Å²) < 4.78 is 37.0. The lowest BCUT2D eigenvalue weighted by molar-refractivity contribution is 0.452. The van der Waals surface area contributed by atoms with Crippen molar-refractivity contribution in [3.8, 4) is 0 Å². The molecule has 0 nitrogen and oxygen atoms in total. The maximum Gasteiger partial charge on any atom is 0.193 e.